The largest absolute Gasteiger partial charge is 0.0549 e. The minimum absolute atomic E-state index is 1.12. The number of halogens is 2. The van der Waals surface area contributed by atoms with Gasteiger partial charge in [-0.05, 0) is 29.7 Å². The van der Waals surface area contributed by atoms with Crippen molar-refractivity contribution in [2.45, 2.75) is 13.8 Å². The molecule has 1 aromatic carbocycles. The van der Waals surface area contributed by atoms with Crippen molar-refractivity contribution in [1.29, 1.82) is 0 Å². The first-order valence-electron chi connectivity index (χ1n) is 3.37. The molecule has 0 atom stereocenters. The maximum atomic E-state index is 3.49. The molecule has 0 amide bonds. The minimum atomic E-state index is 1.12. The molecule has 0 heterocycles. The molecule has 1 aromatic rings. The highest BCUT2D eigenvalue weighted by Gasteiger charge is 2.04. The van der Waals surface area contributed by atoms with Crippen molar-refractivity contribution in [3.8, 4) is 0 Å². The van der Waals surface area contributed by atoms with Gasteiger partial charge in [-0.1, -0.05) is 45.7 Å². The molecule has 2 heteroatoms. The Balaban J connectivity index is 3.13. The van der Waals surface area contributed by atoms with E-state index in [0.29, 0.717) is 0 Å². The van der Waals surface area contributed by atoms with Crippen molar-refractivity contribution < 1.29 is 0 Å². The zero-order valence-electron chi connectivity index (χ0n) is 6.49. The molecule has 0 saturated heterocycles. The van der Waals surface area contributed by atoms with Crippen LogP contribution in [0.5, 0.6) is 0 Å². The lowest BCUT2D eigenvalue weighted by Crippen LogP contribution is -1.89. The third kappa shape index (κ3) is 2.31. The predicted molar refractivity (Wildman–Crippen MR) is 55.5 cm³/mol. The van der Waals surface area contributed by atoms with Crippen molar-refractivity contribution >= 4 is 31.9 Å². The van der Waals surface area contributed by atoms with Crippen LogP contribution in [0.25, 0.3) is 0 Å². The summed E-state index contributed by atoms with van der Waals surface area (Å²) in [6.45, 7) is 4.21. The summed E-state index contributed by atoms with van der Waals surface area (Å²) >= 11 is 6.92. The average Bonchev–Trinajstić information content (AvgIpc) is 1.94. The molecule has 0 nitrogen and oxygen atoms in total. The van der Waals surface area contributed by atoms with Gasteiger partial charge in [-0.15, -0.1) is 0 Å². The van der Waals surface area contributed by atoms with Gasteiger partial charge in [0.2, 0.25) is 0 Å². The van der Waals surface area contributed by atoms with Crippen LogP contribution >= 0.6 is 31.9 Å². The van der Waals surface area contributed by atoms with Crippen LogP contribution in [0, 0.1) is 5.92 Å². The summed E-state index contributed by atoms with van der Waals surface area (Å²) in [7, 11) is 0. The first-order chi connectivity index (χ1) is 5.11. The molecule has 0 aliphatic carbocycles. The van der Waals surface area contributed by atoms with Gasteiger partial charge < -0.3 is 0 Å². The zero-order valence-corrected chi connectivity index (χ0v) is 9.66. The quantitative estimate of drug-likeness (QED) is 0.722. The first kappa shape index (κ1) is 9.27. The molecule has 0 unspecified atom stereocenters. The third-order valence-corrected chi connectivity index (χ3v) is 2.65. The summed E-state index contributed by atoms with van der Waals surface area (Å²) in [5.41, 5.74) is 1.26. The standard InChI is InChI=1S/C9H9Br2/c1-6(2)8-5-7(10)3-4-9(8)11/h3-5H,1-2H3. The Labute approximate surface area is 84.3 Å². The molecule has 59 valence electrons. The second-order valence-electron chi connectivity index (χ2n) is 2.62. The molecule has 1 rings (SSSR count). The lowest BCUT2D eigenvalue weighted by Gasteiger charge is -2.07. The summed E-state index contributed by atoms with van der Waals surface area (Å²) < 4.78 is 2.28. The van der Waals surface area contributed by atoms with E-state index in [1.165, 1.54) is 11.5 Å². The van der Waals surface area contributed by atoms with E-state index >= 15 is 0 Å². The fraction of sp³-hybridized carbons (Fsp3) is 0.222. The maximum absolute atomic E-state index is 3.49. The number of benzene rings is 1. The van der Waals surface area contributed by atoms with Gasteiger partial charge in [0.15, 0.2) is 0 Å². The summed E-state index contributed by atoms with van der Waals surface area (Å²) in [5, 5.41) is 0. The lowest BCUT2D eigenvalue weighted by molar-refractivity contribution is 1.13. The van der Waals surface area contributed by atoms with Crippen LogP contribution in [0.2, 0.25) is 0 Å². The van der Waals surface area contributed by atoms with Crippen molar-refractivity contribution in [3.63, 3.8) is 0 Å². The van der Waals surface area contributed by atoms with Gasteiger partial charge in [0.1, 0.15) is 0 Å². The van der Waals surface area contributed by atoms with E-state index in [1.54, 1.807) is 0 Å². The Hall–Kier alpha value is 0.180. The van der Waals surface area contributed by atoms with E-state index in [0.717, 1.165) is 8.95 Å². The molecule has 0 N–H and O–H groups in total. The van der Waals surface area contributed by atoms with Gasteiger partial charge in [-0.2, -0.15) is 0 Å². The van der Waals surface area contributed by atoms with E-state index < -0.39 is 0 Å². The molecular weight excluding hydrogens is 268 g/mol. The Morgan fingerprint density at radius 3 is 2.27 bits per heavy atom. The molecule has 0 aromatic heterocycles. The van der Waals surface area contributed by atoms with Crippen molar-refractivity contribution in [1.82, 2.24) is 0 Å². The average molecular weight is 277 g/mol. The van der Waals surface area contributed by atoms with E-state index in [2.05, 4.69) is 51.8 Å². The molecule has 11 heavy (non-hydrogen) atoms. The smallest absolute Gasteiger partial charge is 0.0213 e. The molecule has 1 radical (unpaired) electrons. The monoisotopic (exact) mass is 275 g/mol. The van der Waals surface area contributed by atoms with E-state index in [1.807, 2.05) is 12.1 Å². The number of hydrogen-bond donors (Lipinski definition) is 0. The Bertz CT molecular complexity index is 254. The van der Waals surface area contributed by atoms with Crippen molar-refractivity contribution in [2.75, 3.05) is 0 Å². The normalized spacial score (nSPS) is 10.6. The summed E-state index contributed by atoms with van der Waals surface area (Å²) in [4.78, 5) is 0. The second kappa shape index (κ2) is 3.72. The zero-order chi connectivity index (χ0) is 8.43. The predicted octanol–water partition coefficient (Wildman–Crippen LogP) is 4.17. The van der Waals surface area contributed by atoms with Crippen molar-refractivity contribution in [2.24, 2.45) is 0 Å². The van der Waals surface area contributed by atoms with Gasteiger partial charge in [0.05, 0.1) is 0 Å². The Morgan fingerprint density at radius 1 is 1.18 bits per heavy atom. The topological polar surface area (TPSA) is 0 Å². The molecule has 0 saturated carbocycles. The van der Waals surface area contributed by atoms with Crippen LogP contribution in [-0.2, 0) is 0 Å². The fourth-order valence-corrected chi connectivity index (χ4v) is 1.88. The SMILES string of the molecule is C[C](C)c1cc(Br)ccc1Br. The van der Waals surface area contributed by atoms with E-state index in [-0.39, 0.29) is 0 Å². The minimum Gasteiger partial charge on any atom is -0.0549 e. The van der Waals surface area contributed by atoms with Crippen LogP contribution < -0.4 is 0 Å². The van der Waals surface area contributed by atoms with Gasteiger partial charge in [0.25, 0.3) is 0 Å². The molecule has 0 spiro atoms. The van der Waals surface area contributed by atoms with Crippen LogP contribution in [-0.4, -0.2) is 0 Å². The highest BCUT2D eigenvalue weighted by Crippen LogP contribution is 2.26. The van der Waals surface area contributed by atoms with Crippen LogP contribution in [0.3, 0.4) is 0 Å². The van der Waals surface area contributed by atoms with E-state index in [9.17, 15) is 0 Å². The second-order valence-corrected chi connectivity index (χ2v) is 4.39. The molecule has 0 bridgehead atoms. The van der Waals surface area contributed by atoms with Gasteiger partial charge >= 0.3 is 0 Å². The van der Waals surface area contributed by atoms with Crippen LogP contribution in [0.4, 0.5) is 0 Å². The van der Waals surface area contributed by atoms with Gasteiger partial charge in [-0.3, -0.25) is 0 Å². The Kier molecular flexibility index (Phi) is 3.14. The van der Waals surface area contributed by atoms with Gasteiger partial charge in [0, 0.05) is 8.95 Å². The van der Waals surface area contributed by atoms with E-state index in [4.69, 9.17) is 0 Å². The summed E-state index contributed by atoms with van der Waals surface area (Å²) in [6, 6.07) is 6.18. The summed E-state index contributed by atoms with van der Waals surface area (Å²) in [5.74, 6) is 1.32. The highest BCUT2D eigenvalue weighted by molar-refractivity contribution is 9.11. The third-order valence-electron chi connectivity index (χ3n) is 1.47. The first-order valence-corrected chi connectivity index (χ1v) is 4.95. The molecular formula is C9H9Br2. The number of rotatable bonds is 1. The van der Waals surface area contributed by atoms with Gasteiger partial charge in [-0.25, -0.2) is 0 Å². The highest BCUT2D eigenvalue weighted by atomic mass is 79.9. The van der Waals surface area contributed by atoms with Crippen LogP contribution in [0.15, 0.2) is 27.1 Å². The lowest BCUT2D eigenvalue weighted by atomic mass is 10.0. The molecule has 0 aliphatic heterocycles. The van der Waals surface area contributed by atoms with Crippen molar-refractivity contribution in [3.05, 3.63) is 38.6 Å². The fourth-order valence-electron chi connectivity index (χ4n) is 0.881. The number of hydrogen-bond acceptors (Lipinski definition) is 0. The maximum Gasteiger partial charge on any atom is 0.0213 e. The Morgan fingerprint density at radius 2 is 1.82 bits per heavy atom. The molecule has 0 fully saturated rings. The molecule has 0 aliphatic rings. The summed E-state index contributed by atoms with van der Waals surface area (Å²) in [6.07, 6.45) is 0. The van der Waals surface area contributed by atoms with Crippen LogP contribution in [0.1, 0.15) is 19.4 Å².